The number of halogens is 1. The molecule has 2 fully saturated rings. The van der Waals surface area contributed by atoms with E-state index in [1.807, 2.05) is 67.6 Å². The Hall–Kier alpha value is -2.39. The molecule has 2 aromatic rings. The molecule has 2 aliphatic heterocycles. The molecule has 0 spiro atoms. The normalized spacial score (nSPS) is 16.6. The average Bonchev–Trinajstić information content (AvgIpc) is 1.16. The molecule has 2 aliphatic rings. The largest absolute Gasteiger partial charge is 0.400 e. The molecule has 0 aromatic heterocycles. The van der Waals surface area contributed by atoms with Crippen LogP contribution in [0.4, 0.5) is 0 Å². The number of ether oxygens (including phenoxy) is 18. The van der Waals surface area contributed by atoms with Crippen molar-refractivity contribution in [3.8, 4) is 6.07 Å². The fourth-order valence-electron chi connectivity index (χ4n) is 7.35. The summed E-state index contributed by atoms with van der Waals surface area (Å²) in [6.07, 6.45) is 1.46. The first kappa shape index (κ1) is 100.0. The molecule has 0 saturated carbocycles. The summed E-state index contributed by atoms with van der Waals surface area (Å²) in [5, 5.41) is 50.9. The molecule has 4 rings (SSSR count). The zero-order chi connectivity index (χ0) is 71.1. The summed E-state index contributed by atoms with van der Waals surface area (Å²) in [4.78, 5) is 0. The van der Waals surface area contributed by atoms with E-state index in [2.05, 4.69) is 52.3 Å². The molecule has 0 aliphatic carbocycles. The summed E-state index contributed by atoms with van der Waals surface area (Å²) in [6.45, 7) is 28.0. The quantitative estimate of drug-likeness (QED) is 0.0324. The Balaban J connectivity index is -0.000000543. The third kappa shape index (κ3) is 61.5. The van der Waals surface area contributed by atoms with Crippen molar-refractivity contribution in [3.63, 3.8) is 0 Å². The lowest BCUT2D eigenvalue weighted by atomic mass is 10.2. The molecule has 0 bridgehead atoms. The summed E-state index contributed by atoms with van der Waals surface area (Å²) in [7, 11) is 8.00. The van der Waals surface area contributed by atoms with Crippen LogP contribution in [-0.4, -0.2) is 300 Å². The highest BCUT2D eigenvalue weighted by Gasteiger charge is 2.28. The van der Waals surface area contributed by atoms with Crippen LogP contribution in [0.2, 0.25) is 0 Å². The van der Waals surface area contributed by atoms with Gasteiger partial charge in [-0.15, -0.1) is 12.4 Å². The Kier molecular flexibility index (Phi) is 81.6. The van der Waals surface area contributed by atoms with Crippen LogP contribution >= 0.6 is 20.9 Å². The van der Waals surface area contributed by atoms with E-state index in [1.165, 1.54) is 0 Å². The van der Waals surface area contributed by atoms with E-state index in [0.717, 1.165) is 50.7 Å². The lowest BCUT2D eigenvalue weighted by Gasteiger charge is -2.36. The van der Waals surface area contributed by atoms with Crippen molar-refractivity contribution in [2.24, 2.45) is 0 Å². The smallest absolute Gasteiger partial charge is 0.259 e. The summed E-state index contributed by atoms with van der Waals surface area (Å²) in [5.41, 5.74) is 2.03. The van der Waals surface area contributed by atoms with Gasteiger partial charge in [0.2, 0.25) is 0 Å². The van der Waals surface area contributed by atoms with Crippen molar-refractivity contribution in [2.45, 2.75) is 129 Å². The van der Waals surface area contributed by atoms with E-state index < -0.39 is 20.7 Å². The molecule has 568 valence electrons. The second kappa shape index (κ2) is 78.3. The van der Waals surface area contributed by atoms with Crippen LogP contribution < -0.4 is 0 Å². The van der Waals surface area contributed by atoms with Crippen LogP contribution in [0.15, 0.2) is 60.7 Å². The van der Waals surface area contributed by atoms with Crippen molar-refractivity contribution in [1.29, 1.82) is 5.26 Å². The highest BCUT2D eigenvalue weighted by Crippen LogP contribution is 2.46. The minimum absolute atomic E-state index is 0. The molecule has 5 N–H and O–H groups in total. The van der Waals surface area contributed by atoms with Gasteiger partial charge in [-0.05, 0) is 47.0 Å². The van der Waals surface area contributed by atoms with Crippen LogP contribution in [0, 0.1) is 11.3 Å². The standard InChI is InChI=1S/C18H37N2O5P.C15H22O5.C10H12O3.C9H20O4.C8H18O5.C6H14O2.CH4O.ClH/c1-7-18(23-14-13-22-12-11-21-6)15-25-26(24-10-8-9-19)20(16(2)3)17(4)5;1-16-7-8-17-9-10-18-14-11-19-15(20-12-14)13-5-3-2-4-6-13;11-9-6-12-10(13-7-9)8-4-2-1-3-5-8;1-3-9(8-10)13-7-6-12-5-4-11-2;1-11-2-3-12-4-5-13-8(6-9)7-10;1-3-4-8-6-5-7-2;1-2;/h16-18H,7-8,10-15H2,1-6H3;2-6,14-15H,7-12H2,1H3;1-5,9-11H,6-7H2;9-10H,3-8H2,1-2H3;8-10H,2-7H2,1H3;3-6H2,1-2H3;2H,1H3;1H. The number of aliphatic hydroxyl groups excluding tert-OH is 5. The van der Waals surface area contributed by atoms with E-state index >= 15 is 0 Å². The Morgan fingerprint density at radius 2 is 0.833 bits per heavy atom. The van der Waals surface area contributed by atoms with Gasteiger partial charge in [0.1, 0.15) is 18.3 Å². The third-order valence-electron chi connectivity index (χ3n) is 12.3. The highest BCUT2D eigenvalue weighted by molar-refractivity contribution is 7.44. The minimum Gasteiger partial charge on any atom is -0.400 e. The lowest BCUT2D eigenvalue weighted by Crippen LogP contribution is -2.34. The van der Waals surface area contributed by atoms with Crippen molar-refractivity contribution in [2.75, 3.05) is 228 Å². The van der Waals surface area contributed by atoms with Crippen LogP contribution in [0.25, 0.3) is 0 Å². The monoisotopic (exact) mass is 1430 g/mol. The summed E-state index contributed by atoms with van der Waals surface area (Å²) < 4.78 is 108. The second-order valence-electron chi connectivity index (χ2n) is 20.7. The number of nitrogens with zero attached hydrogens (tertiary/aromatic N) is 2. The van der Waals surface area contributed by atoms with Crippen LogP contribution in [-0.2, 0) is 94.3 Å². The maximum Gasteiger partial charge on any atom is 0.259 e. The van der Waals surface area contributed by atoms with Crippen LogP contribution in [0.1, 0.15) is 97.9 Å². The molecule has 96 heavy (non-hydrogen) atoms. The van der Waals surface area contributed by atoms with Crippen molar-refractivity contribution < 1.29 is 120 Å². The van der Waals surface area contributed by atoms with Gasteiger partial charge in [-0.1, -0.05) is 81.4 Å². The lowest BCUT2D eigenvalue weighted by molar-refractivity contribution is -0.232. The summed E-state index contributed by atoms with van der Waals surface area (Å²) in [5.74, 6) is 0. The molecule has 2 heterocycles. The molecule has 2 aromatic carbocycles. The molecule has 0 radical (unpaired) electrons. The van der Waals surface area contributed by atoms with Crippen molar-refractivity contribution >= 4 is 20.9 Å². The molecule has 2 saturated heterocycles. The fraction of sp³-hybridized carbons (Fsp3) is 0.806. The SMILES string of the molecule is CCC(CO)OCCOCCOC.CCC(COP(OCCC#N)N(C(C)C)C(C)C)OCCOCCOC.CCCOCCOC.CO.COCCOCCOC(CO)CO.COCCOCCOC1COC(c2ccccc2)OC1.Cl.OC1COC(c2ccccc2)OC1. The van der Waals surface area contributed by atoms with E-state index in [0.29, 0.717) is 170 Å². The van der Waals surface area contributed by atoms with Gasteiger partial charge in [0.25, 0.3) is 8.53 Å². The number of hydrogen-bond donors (Lipinski definition) is 5. The summed E-state index contributed by atoms with van der Waals surface area (Å²) >= 11 is 0. The maximum absolute atomic E-state index is 9.12. The average molecular weight is 1430 g/mol. The minimum atomic E-state index is -1.23. The van der Waals surface area contributed by atoms with Crippen molar-refractivity contribution in [1.82, 2.24) is 4.67 Å². The second-order valence-corrected chi connectivity index (χ2v) is 22.1. The topological polar surface area (TPSA) is 313 Å². The van der Waals surface area contributed by atoms with Crippen LogP contribution in [0.5, 0.6) is 0 Å². The molecule has 3 unspecified atom stereocenters. The van der Waals surface area contributed by atoms with E-state index in [-0.39, 0.29) is 63.1 Å². The highest BCUT2D eigenvalue weighted by atomic mass is 35.5. The Labute approximate surface area is 583 Å². The van der Waals surface area contributed by atoms with Gasteiger partial charge < -0.3 is 120 Å². The van der Waals surface area contributed by atoms with Gasteiger partial charge in [0.15, 0.2) is 12.6 Å². The molecular formula is C67H128ClN2O25P. The Morgan fingerprint density at radius 3 is 1.19 bits per heavy atom. The Morgan fingerprint density at radius 1 is 0.479 bits per heavy atom. The number of hydrogen-bond acceptors (Lipinski definition) is 27. The summed E-state index contributed by atoms with van der Waals surface area (Å²) in [6, 6.07) is 22.3. The first-order valence-corrected chi connectivity index (χ1v) is 34.0. The number of benzene rings is 2. The molecule has 29 heteroatoms. The van der Waals surface area contributed by atoms with Gasteiger partial charge in [0, 0.05) is 72.5 Å². The third-order valence-corrected chi connectivity index (χ3v) is 14.4. The maximum atomic E-state index is 9.12. The van der Waals surface area contributed by atoms with E-state index in [4.69, 9.17) is 125 Å². The molecule has 0 amide bonds. The molecule has 27 nitrogen and oxygen atoms in total. The van der Waals surface area contributed by atoms with Crippen molar-refractivity contribution in [3.05, 3.63) is 71.8 Å². The molecular weight excluding hydrogens is 1300 g/mol. The number of aliphatic hydroxyl groups is 5. The Bertz CT molecular complexity index is 1780. The van der Waals surface area contributed by atoms with Gasteiger partial charge in [-0.25, -0.2) is 4.67 Å². The fourth-order valence-corrected chi connectivity index (χ4v) is 8.98. The number of rotatable bonds is 49. The van der Waals surface area contributed by atoms with E-state index in [1.54, 1.807) is 35.5 Å². The predicted octanol–water partition coefficient (Wildman–Crippen LogP) is 7.16. The zero-order valence-electron chi connectivity index (χ0n) is 60.2. The van der Waals surface area contributed by atoms with Gasteiger partial charge in [-0.2, -0.15) is 5.26 Å². The van der Waals surface area contributed by atoms with E-state index in [9.17, 15) is 0 Å². The predicted molar refractivity (Wildman–Crippen MR) is 369 cm³/mol. The first-order chi connectivity index (χ1) is 46.3. The zero-order valence-corrected chi connectivity index (χ0v) is 62.0. The number of nitriles is 1. The van der Waals surface area contributed by atoms with Gasteiger partial charge >= 0.3 is 0 Å². The van der Waals surface area contributed by atoms with Gasteiger partial charge in [0.05, 0.1) is 203 Å². The first-order valence-electron chi connectivity index (χ1n) is 32.9. The van der Waals surface area contributed by atoms with Crippen LogP contribution in [0.3, 0.4) is 0 Å². The molecule has 3 atom stereocenters. The van der Waals surface area contributed by atoms with Gasteiger partial charge in [-0.3, -0.25) is 0 Å². The number of methoxy groups -OCH3 is 5.